The van der Waals surface area contributed by atoms with Gasteiger partial charge in [-0.15, -0.1) is 0 Å². The van der Waals surface area contributed by atoms with Gasteiger partial charge in [-0.25, -0.2) is 9.07 Å². The van der Waals surface area contributed by atoms with Crippen LogP contribution in [0.5, 0.6) is 0 Å². The largest absolute Gasteiger partial charge is 0.338 e. The molecule has 1 heterocycles. The second kappa shape index (κ2) is 7.52. The number of aromatic nitrogens is 2. The second-order valence-electron chi connectivity index (χ2n) is 6.12. The second-order valence-corrected chi connectivity index (χ2v) is 6.12. The van der Waals surface area contributed by atoms with Crippen LogP contribution in [0.25, 0.3) is 16.9 Å². The van der Waals surface area contributed by atoms with Gasteiger partial charge in [-0.2, -0.15) is 5.10 Å². The van der Waals surface area contributed by atoms with E-state index in [0.29, 0.717) is 30.0 Å². The van der Waals surface area contributed by atoms with E-state index < -0.39 is 0 Å². The molecule has 2 aromatic carbocycles. The minimum absolute atomic E-state index is 0.119. The number of hydrogen-bond donors (Lipinski definition) is 0. The van der Waals surface area contributed by atoms with Crippen LogP contribution in [-0.2, 0) is 0 Å². The van der Waals surface area contributed by atoms with E-state index in [1.54, 1.807) is 33.8 Å². The van der Waals surface area contributed by atoms with Crippen LogP contribution in [0.15, 0.2) is 54.6 Å². The molecule has 134 valence electrons. The Balaban J connectivity index is 2.18. The van der Waals surface area contributed by atoms with Gasteiger partial charge in [-0.3, -0.25) is 4.79 Å². The molecule has 1 amide bonds. The Morgan fingerprint density at radius 3 is 2.46 bits per heavy atom. The van der Waals surface area contributed by atoms with Crippen LogP contribution >= 0.6 is 0 Å². The average molecular weight is 351 g/mol. The maximum Gasteiger partial charge on any atom is 0.272 e. The zero-order chi connectivity index (χ0) is 18.7. The van der Waals surface area contributed by atoms with Crippen molar-refractivity contribution in [1.29, 1.82) is 0 Å². The fraction of sp³-hybridized carbons (Fsp3) is 0.238. The number of hydrogen-bond acceptors (Lipinski definition) is 2. The lowest BCUT2D eigenvalue weighted by Crippen LogP contribution is -2.32. The molecular weight excluding hydrogens is 329 g/mol. The Kier molecular flexibility index (Phi) is 5.16. The van der Waals surface area contributed by atoms with Gasteiger partial charge in [0.05, 0.1) is 11.4 Å². The summed E-state index contributed by atoms with van der Waals surface area (Å²) in [6.45, 7) is 7.06. The molecule has 0 atom stereocenters. The van der Waals surface area contributed by atoms with Crippen molar-refractivity contribution in [3.63, 3.8) is 0 Å². The lowest BCUT2D eigenvalue weighted by atomic mass is 10.1. The van der Waals surface area contributed by atoms with Gasteiger partial charge in [0.2, 0.25) is 0 Å². The molecule has 4 nitrogen and oxygen atoms in total. The van der Waals surface area contributed by atoms with E-state index in [-0.39, 0.29) is 11.7 Å². The van der Waals surface area contributed by atoms with Gasteiger partial charge in [0.25, 0.3) is 5.91 Å². The van der Waals surface area contributed by atoms with Crippen molar-refractivity contribution in [2.45, 2.75) is 20.8 Å². The Hall–Kier alpha value is -2.95. The van der Waals surface area contributed by atoms with E-state index in [9.17, 15) is 9.18 Å². The number of nitrogens with zero attached hydrogens (tertiary/aromatic N) is 3. The molecule has 26 heavy (non-hydrogen) atoms. The van der Waals surface area contributed by atoms with Crippen LogP contribution in [0.4, 0.5) is 4.39 Å². The van der Waals surface area contributed by atoms with Crippen molar-refractivity contribution in [3.8, 4) is 16.9 Å². The highest BCUT2D eigenvalue weighted by atomic mass is 19.1. The molecule has 0 spiro atoms. The lowest BCUT2D eigenvalue weighted by molar-refractivity contribution is 0.0764. The lowest BCUT2D eigenvalue weighted by Gasteiger charge is -2.19. The molecule has 5 heteroatoms. The first-order valence-corrected chi connectivity index (χ1v) is 8.76. The summed E-state index contributed by atoms with van der Waals surface area (Å²) in [5, 5.41) is 4.55. The fourth-order valence-electron chi connectivity index (χ4n) is 2.96. The van der Waals surface area contributed by atoms with Gasteiger partial charge >= 0.3 is 0 Å². The van der Waals surface area contributed by atoms with Gasteiger partial charge in [0.15, 0.2) is 0 Å². The summed E-state index contributed by atoms with van der Waals surface area (Å²) >= 11 is 0. The number of carbonyl (C=O) groups excluding carboxylic acids is 1. The Labute approximate surface area is 152 Å². The molecule has 3 rings (SSSR count). The molecule has 0 saturated heterocycles. The molecule has 0 N–H and O–H groups in total. The molecule has 0 aliphatic rings. The maximum absolute atomic E-state index is 14.2. The Morgan fingerprint density at radius 2 is 1.81 bits per heavy atom. The van der Waals surface area contributed by atoms with Gasteiger partial charge in [-0.05, 0) is 56.7 Å². The monoisotopic (exact) mass is 351 g/mol. The highest BCUT2D eigenvalue weighted by molar-refractivity contribution is 5.94. The van der Waals surface area contributed by atoms with Crippen LogP contribution in [0.1, 0.15) is 29.9 Å². The third-order valence-electron chi connectivity index (χ3n) is 4.38. The summed E-state index contributed by atoms with van der Waals surface area (Å²) in [4.78, 5) is 14.7. The minimum Gasteiger partial charge on any atom is -0.338 e. The molecule has 0 radical (unpaired) electrons. The third-order valence-corrected chi connectivity index (χ3v) is 4.38. The van der Waals surface area contributed by atoms with E-state index in [1.165, 1.54) is 6.07 Å². The molecule has 0 fully saturated rings. The van der Waals surface area contributed by atoms with Gasteiger partial charge < -0.3 is 4.90 Å². The number of amides is 1. The van der Waals surface area contributed by atoms with Crippen molar-refractivity contribution in [2.75, 3.05) is 13.1 Å². The van der Waals surface area contributed by atoms with Gasteiger partial charge in [-0.1, -0.05) is 24.3 Å². The quantitative estimate of drug-likeness (QED) is 0.680. The van der Waals surface area contributed by atoms with E-state index in [2.05, 4.69) is 5.10 Å². The van der Waals surface area contributed by atoms with Crippen LogP contribution in [0.3, 0.4) is 0 Å². The summed E-state index contributed by atoms with van der Waals surface area (Å²) in [6, 6.07) is 15.9. The molecule has 0 aliphatic heterocycles. The smallest absolute Gasteiger partial charge is 0.272 e. The van der Waals surface area contributed by atoms with Gasteiger partial charge in [0.1, 0.15) is 11.5 Å². The molecular formula is C21H22FN3O. The van der Waals surface area contributed by atoms with E-state index in [0.717, 1.165) is 11.3 Å². The SMILES string of the molecule is CCN(CC)C(=O)c1cc(-c2ccccc2F)nn1-c1cccc(C)c1. The van der Waals surface area contributed by atoms with Gasteiger partial charge in [0, 0.05) is 18.7 Å². The molecule has 0 bridgehead atoms. The predicted octanol–water partition coefficient (Wildman–Crippen LogP) is 4.47. The highest BCUT2D eigenvalue weighted by Gasteiger charge is 2.22. The zero-order valence-corrected chi connectivity index (χ0v) is 15.2. The zero-order valence-electron chi connectivity index (χ0n) is 15.2. The summed E-state index contributed by atoms with van der Waals surface area (Å²) in [5.41, 5.74) is 3.10. The van der Waals surface area contributed by atoms with E-state index in [4.69, 9.17) is 0 Å². The fourth-order valence-corrected chi connectivity index (χ4v) is 2.96. The molecule has 0 aliphatic carbocycles. The third kappa shape index (κ3) is 3.38. The van der Waals surface area contributed by atoms with Crippen molar-refractivity contribution in [1.82, 2.24) is 14.7 Å². The average Bonchev–Trinajstić information content (AvgIpc) is 3.08. The Morgan fingerprint density at radius 1 is 1.08 bits per heavy atom. The summed E-state index contributed by atoms with van der Waals surface area (Å²) in [7, 11) is 0. The van der Waals surface area contributed by atoms with Crippen LogP contribution in [-0.4, -0.2) is 33.7 Å². The standard InChI is InChI=1S/C21H22FN3O/c1-4-24(5-2)21(26)20-14-19(17-11-6-7-12-18(17)22)23-25(20)16-10-8-9-15(3)13-16/h6-14H,4-5H2,1-3H3. The molecule has 1 aromatic heterocycles. The normalized spacial score (nSPS) is 10.8. The Bertz CT molecular complexity index is 929. The van der Waals surface area contributed by atoms with Crippen molar-refractivity contribution in [2.24, 2.45) is 0 Å². The number of benzene rings is 2. The van der Waals surface area contributed by atoms with Crippen LogP contribution < -0.4 is 0 Å². The van der Waals surface area contributed by atoms with Crippen LogP contribution in [0.2, 0.25) is 0 Å². The van der Waals surface area contributed by atoms with E-state index in [1.807, 2.05) is 45.0 Å². The topological polar surface area (TPSA) is 38.1 Å². The number of rotatable bonds is 5. The highest BCUT2D eigenvalue weighted by Crippen LogP contribution is 2.25. The molecule has 3 aromatic rings. The number of halogens is 1. The molecule has 0 unspecified atom stereocenters. The first kappa shape index (κ1) is 17.9. The molecule has 0 saturated carbocycles. The van der Waals surface area contributed by atoms with E-state index >= 15 is 0 Å². The summed E-state index contributed by atoms with van der Waals surface area (Å²) in [5.74, 6) is -0.477. The minimum atomic E-state index is -0.358. The number of carbonyl (C=O) groups is 1. The van der Waals surface area contributed by atoms with Crippen LogP contribution in [0, 0.1) is 12.7 Å². The van der Waals surface area contributed by atoms with Crippen molar-refractivity contribution >= 4 is 5.91 Å². The summed E-state index contributed by atoms with van der Waals surface area (Å²) < 4.78 is 15.8. The first-order chi connectivity index (χ1) is 12.5. The first-order valence-electron chi connectivity index (χ1n) is 8.76. The van der Waals surface area contributed by atoms with Crippen molar-refractivity contribution in [3.05, 3.63) is 71.7 Å². The number of aryl methyl sites for hydroxylation is 1. The maximum atomic E-state index is 14.2. The van der Waals surface area contributed by atoms with Crippen molar-refractivity contribution < 1.29 is 9.18 Å². The summed E-state index contributed by atoms with van der Waals surface area (Å²) in [6.07, 6.45) is 0. The predicted molar refractivity (Wildman–Crippen MR) is 101 cm³/mol.